The number of ether oxygens (including phenoxy) is 6. The van der Waals surface area contributed by atoms with Crippen molar-refractivity contribution in [2.45, 2.75) is 43.0 Å². The zero-order chi connectivity index (χ0) is 107. The third-order valence-electron chi connectivity index (χ3n) is 21.3. The molecule has 0 radical (unpaired) electrons. The lowest BCUT2D eigenvalue weighted by atomic mass is 9.79. The van der Waals surface area contributed by atoms with Gasteiger partial charge in [0.15, 0.2) is 0 Å². The topological polar surface area (TPSA) is 318 Å². The molecule has 5 N–H and O–H groups in total. The Morgan fingerprint density at radius 2 is 0.589 bits per heavy atom. The van der Waals surface area contributed by atoms with Gasteiger partial charge in [0.05, 0.1) is 58.7 Å². The summed E-state index contributed by atoms with van der Waals surface area (Å²) < 4.78 is 218. The number of carboxylic acid groups (broad SMARTS) is 1. The summed E-state index contributed by atoms with van der Waals surface area (Å²) in [6.07, 6.45) is -22.2. The van der Waals surface area contributed by atoms with E-state index in [1.54, 1.807) is 29.2 Å². The predicted molar refractivity (Wildman–Crippen MR) is 507 cm³/mol. The molecule has 4 heterocycles. The van der Waals surface area contributed by atoms with Crippen LogP contribution in [0, 0.1) is 0 Å². The van der Waals surface area contributed by atoms with E-state index in [0.29, 0.717) is 77.8 Å². The van der Waals surface area contributed by atoms with Crippen LogP contribution in [-0.2, 0) is 49.9 Å². The van der Waals surface area contributed by atoms with Crippen LogP contribution in [0.25, 0.3) is 0 Å². The first-order valence-corrected chi connectivity index (χ1v) is 44.5. The van der Waals surface area contributed by atoms with Gasteiger partial charge in [0.2, 0.25) is 0 Å². The van der Waals surface area contributed by atoms with Gasteiger partial charge in [0, 0.05) is 113 Å². The average Bonchev–Trinajstić information content (AvgIpc) is 0.789. The van der Waals surface area contributed by atoms with Crippen molar-refractivity contribution in [2.75, 3.05) is 92.8 Å². The monoisotopic (exact) mass is 2100 g/mol. The SMILES string of the molecule is COC(=O)c1ccc(O)cc1.COC(=O)c1ccc(Oc2cccc(C(F)(F)F)c2)cc1.O=C(Cl)C(=O)Cl.O=C(Cl)c1ccc(Oc2cccc(C(F)(F)F)c2)cc1.O=C(O)c1ccc(Oc2cccc(C(F)(F)F)c2)cc1.O=C(c1ccccc1)N1CCN(C2CN(C(=O)c3ccc(Oc4cccc(C(F)(F)F)c4)cc3)C2)CC1.O=C(c1ccccc1)N1CCN(C2CNC2)CC1.OB(O)c1cccc(C(F)(F)F)c1. The van der Waals surface area contributed by atoms with E-state index in [0.717, 1.165) is 119 Å². The largest absolute Gasteiger partial charge is 0.508 e. The number of aromatic hydroxyl groups is 1. The zero-order valence-corrected chi connectivity index (χ0v) is 78.8. The predicted octanol–water partition coefficient (Wildman–Crippen LogP) is 20.6. The number of hydrogen-bond acceptors (Lipinski definition) is 21. The molecule has 4 fully saturated rings. The Balaban J connectivity index is 0.000000194. The second-order valence-corrected chi connectivity index (χ2v) is 32.4. The average molecular weight is 2100 g/mol. The highest BCUT2D eigenvalue weighted by molar-refractivity contribution is 6.97. The molecule has 0 saturated carbocycles. The number of likely N-dealkylation sites (tertiary alicyclic amines) is 1. The van der Waals surface area contributed by atoms with Crippen molar-refractivity contribution in [3.63, 3.8) is 0 Å². The number of esters is 2. The summed E-state index contributed by atoms with van der Waals surface area (Å²) in [5, 5.41) is 35.2. The number of nitrogens with one attached hydrogen (secondary N) is 1. The van der Waals surface area contributed by atoms with Crippen LogP contribution in [-0.4, -0.2) is 208 Å². The number of benzene rings is 12. The maximum absolute atomic E-state index is 12.9. The fraction of sp³-hybridized carbons (Fsp3) is 0.206. The molecular formula is C102H87BCl3F15N6O19. The number of carbonyl (C=O) groups excluding carboxylic acids is 8. The Labute approximate surface area is 839 Å². The summed E-state index contributed by atoms with van der Waals surface area (Å²) in [5.41, 5.74) is -1.12. The second-order valence-electron chi connectivity index (χ2n) is 31.3. The summed E-state index contributed by atoms with van der Waals surface area (Å²) in [6.45, 7) is 10.0. The molecule has 12 aromatic carbocycles. The van der Waals surface area contributed by atoms with Crippen LogP contribution in [0.3, 0.4) is 0 Å². The van der Waals surface area contributed by atoms with Gasteiger partial charge in [-0.05, 0) is 259 Å². The van der Waals surface area contributed by atoms with E-state index in [4.69, 9.17) is 50.8 Å². The van der Waals surface area contributed by atoms with E-state index in [-0.39, 0.29) is 74.9 Å². The van der Waals surface area contributed by atoms with Crippen LogP contribution >= 0.6 is 34.8 Å². The van der Waals surface area contributed by atoms with E-state index < -0.39 is 99.5 Å². The number of carboxylic acids is 1. The smallest absolute Gasteiger partial charge is 0.488 e. The van der Waals surface area contributed by atoms with E-state index in [1.807, 2.05) is 70.5 Å². The van der Waals surface area contributed by atoms with Gasteiger partial charge >= 0.3 is 66.4 Å². The van der Waals surface area contributed by atoms with Gasteiger partial charge in [-0.2, -0.15) is 65.9 Å². The van der Waals surface area contributed by atoms with Crippen molar-refractivity contribution in [1.82, 2.24) is 29.8 Å². The van der Waals surface area contributed by atoms with Gasteiger partial charge in [0.25, 0.3) is 23.0 Å². The number of carbonyl (C=O) groups is 9. The lowest BCUT2D eigenvalue weighted by molar-refractivity contribution is -0.138. The number of hydrogen-bond donors (Lipinski definition) is 5. The van der Waals surface area contributed by atoms with Crippen LogP contribution in [0.5, 0.6) is 51.7 Å². The van der Waals surface area contributed by atoms with Crippen molar-refractivity contribution >= 4 is 98.7 Å². The third kappa shape index (κ3) is 36.5. The normalized spacial score (nSPS) is 13.6. The molecule has 12 aromatic rings. The molecule has 44 heteroatoms. The van der Waals surface area contributed by atoms with E-state index in [9.17, 15) is 109 Å². The number of phenolic OH excluding ortho intramolecular Hbond substituents is 1. The number of alkyl halides is 15. The number of piperazine rings is 2. The second kappa shape index (κ2) is 53.7. The standard InChI is InChI=1S/C28H26F3N3O3.C15H11F3O3.C14H8ClF3O2.C14H9F3O3.C14H19N3O.C8H8O3.C7H6BF3O2.C2Cl2O2/c29-28(30,31)22-7-4-8-25(17-22)37-24-11-9-21(10-12-24)27(36)34-18-23(19-34)32-13-15-33(16-14-32)26(35)20-5-2-1-3-6-20;1-20-14(19)10-5-7-12(8-6-10)21-13-4-2-3-11(9-13)15(16,17)18;15-13(19)9-4-6-11(7-5-9)20-12-3-1-2-10(8-12)14(16,17)18;15-14(16,17)10-2-1-3-12(8-10)20-11-6-4-9(5-7-11)13(18)19;18-14(12-4-2-1-3-5-12)17-8-6-16(7-9-17)13-10-15-11-13;1-11-8(10)6-2-4-7(9)5-3-6;9-7(10,11)5-2-1-3-6(4-5)8(12)13;3-1(5)2(4)6/h1-12,17,23H,13-16,18-19H2;2-9H,1H3;1-8H;1-8H,(H,18,19);1-5,13,15H,6-11H2;2-5,9H,1H3;1-4,12-13H;. The van der Waals surface area contributed by atoms with Gasteiger partial charge < -0.3 is 68.7 Å². The van der Waals surface area contributed by atoms with Crippen molar-refractivity contribution in [2.24, 2.45) is 0 Å². The fourth-order valence-corrected chi connectivity index (χ4v) is 13.6. The number of aromatic carboxylic acids is 1. The van der Waals surface area contributed by atoms with Gasteiger partial charge in [-0.25, -0.2) is 14.4 Å². The number of halogens is 18. The Kier molecular flexibility index (Phi) is 42.2. The maximum atomic E-state index is 12.9. The minimum Gasteiger partial charge on any atom is -0.508 e. The lowest BCUT2D eigenvalue weighted by Gasteiger charge is -2.48. The summed E-state index contributed by atoms with van der Waals surface area (Å²) >= 11 is 14.3. The molecule has 768 valence electrons. The van der Waals surface area contributed by atoms with Gasteiger partial charge in [0.1, 0.15) is 51.7 Å². The number of phenols is 1. The summed E-state index contributed by atoms with van der Waals surface area (Å²) in [7, 11) is 0.701. The molecule has 0 spiro atoms. The third-order valence-corrected chi connectivity index (χ3v) is 21.9. The lowest BCUT2D eigenvalue weighted by Crippen LogP contribution is -2.64. The number of rotatable bonds is 19. The highest BCUT2D eigenvalue weighted by Gasteiger charge is 2.40. The minimum atomic E-state index is -4.45. The van der Waals surface area contributed by atoms with Gasteiger partial charge in [-0.1, -0.05) is 84.9 Å². The molecule has 4 aliphatic heterocycles. The van der Waals surface area contributed by atoms with Crippen LogP contribution in [0.15, 0.2) is 303 Å². The number of nitrogens with zero attached hydrogens (tertiary/aromatic N) is 5. The summed E-state index contributed by atoms with van der Waals surface area (Å²) in [4.78, 5) is 111. The molecule has 16 rings (SSSR count). The molecule has 4 saturated heterocycles. The molecule has 4 aliphatic rings. The maximum Gasteiger partial charge on any atom is 0.488 e. The number of methoxy groups -OCH3 is 2. The summed E-state index contributed by atoms with van der Waals surface area (Å²) in [5.74, 6) is -0.261. The molecule has 25 nitrogen and oxygen atoms in total. The van der Waals surface area contributed by atoms with Crippen molar-refractivity contribution in [3.8, 4) is 51.7 Å². The minimum absolute atomic E-state index is 0.0305. The molecule has 0 bridgehead atoms. The van der Waals surface area contributed by atoms with E-state index in [1.165, 1.54) is 166 Å². The first-order valence-electron chi connectivity index (χ1n) is 43.3. The molecule has 0 aliphatic carbocycles. The zero-order valence-electron chi connectivity index (χ0n) is 76.5. The van der Waals surface area contributed by atoms with Gasteiger partial charge in [-0.3, -0.25) is 38.6 Å². The fourth-order valence-electron chi connectivity index (χ4n) is 13.5. The Hall–Kier alpha value is -14.8. The van der Waals surface area contributed by atoms with Crippen LogP contribution in [0.4, 0.5) is 65.9 Å². The van der Waals surface area contributed by atoms with Crippen LogP contribution in [0.2, 0.25) is 0 Å². The molecule has 3 amide bonds. The Morgan fingerprint density at radius 3 is 0.870 bits per heavy atom. The van der Waals surface area contributed by atoms with Crippen molar-refractivity contribution < 1.29 is 158 Å². The Bertz CT molecular complexity index is 6220. The molecule has 0 aromatic heterocycles. The van der Waals surface area contributed by atoms with E-state index in [2.05, 4.69) is 47.8 Å². The van der Waals surface area contributed by atoms with Crippen LogP contribution in [0.1, 0.15) is 100 Å². The van der Waals surface area contributed by atoms with Crippen molar-refractivity contribution in [3.05, 3.63) is 370 Å². The highest BCUT2D eigenvalue weighted by Crippen LogP contribution is 2.39. The number of amides is 3. The Morgan fingerprint density at radius 1 is 0.315 bits per heavy atom. The van der Waals surface area contributed by atoms with Gasteiger partial charge in [-0.15, -0.1) is 0 Å². The molecular weight excluding hydrogens is 2020 g/mol. The van der Waals surface area contributed by atoms with E-state index >= 15 is 0 Å². The molecule has 146 heavy (non-hydrogen) atoms. The quantitative estimate of drug-likeness (QED) is 0.0165. The molecule has 0 unspecified atom stereocenters. The summed E-state index contributed by atoms with van der Waals surface area (Å²) in [6, 6.07) is 71.2. The van der Waals surface area contributed by atoms with Crippen molar-refractivity contribution in [1.29, 1.82) is 0 Å². The van der Waals surface area contributed by atoms with Crippen LogP contribution < -0.4 is 29.7 Å². The molecule has 0 atom stereocenters. The highest BCUT2D eigenvalue weighted by atomic mass is 35.5. The first kappa shape index (κ1) is 115. The first-order chi connectivity index (χ1) is 69.0.